The monoisotopic (exact) mass is 424 g/mol. The summed E-state index contributed by atoms with van der Waals surface area (Å²) in [6.45, 7) is 5.93. The molecule has 156 valence electrons. The Bertz CT molecular complexity index is 1070. The lowest BCUT2D eigenvalue weighted by Crippen LogP contribution is -3.12. The highest BCUT2D eigenvalue weighted by Crippen LogP contribution is 2.40. The number of carbonyl (C=O) groups excluding carboxylic acids is 1. The molecule has 0 atom stereocenters. The van der Waals surface area contributed by atoms with E-state index in [2.05, 4.69) is 10.6 Å². The number of hydrogen-bond donors (Lipinski definition) is 3. The van der Waals surface area contributed by atoms with Crippen molar-refractivity contribution in [3.8, 4) is 0 Å². The molecule has 1 aliphatic carbocycles. The quantitative estimate of drug-likeness (QED) is 0.586. The van der Waals surface area contributed by atoms with Crippen LogP contribution in [0.5, 0.6) is 0 Å². The van der Waals surface area contributed by atoms with Crippen LogP contribution in [0.1, 0.15) is 29.6 Å². The topological polar surface area (TPSA) is 80.6 Å². The summed E-state index contributed by atoms with van der Waals surface area (Å²) in [4.78, 5) is 25.2. The van der Waals surface area contributed by atoms with E-state index < -0.39 is 0 Å². The van der Waals surface area contributed by atoms with E-state index in [0.717, 1.165) is 73.5 Å². The lowest BCUT2D eigenvalue weighted by molar-refractivity contribution is -0.922. The van der Waals surface area contributed by atoms with Gasteiger partial charge in [-0.2, -0.15) is 0 Å². The minimum atomic E-state index is -0.0719. The molecule has 5 rings (SSSR count). The summed E-state index contributed by atoms with van der Waals surface area (Å²) < 4.78 is 5.49. The van der Waals surface area contributed by atoms with E-state index in [1.165, 1.54) is 34.1 Å². The van der Waals surface area contributed by atoms with E-state index >= 15 is 0 Å². The molecule has 1 saturated heterocycles. The van der Waals surface area contributed by atoms with Crippen LogP contribution in [-0.4, -0.2) is 42.2 Å². The molecule has 0 bridgehead atoms. The molecule has 1 amide bonds. The largest absolute Gasteiger partial charge is 0.370 e. The van der Waals surface area contributed by atoms with Crippen LogP contribution in [0.15, 0.2) is 24.3 Å². The Hall–Kier alpha value is -2.55. The Labute approximate surface area is 179 Å². The van der Waals surface area contributed by atoms with Crippen molar-refractivity contribution in [3.63, 3.8) is 0 Å². The fourth-order valence-electron chi connectivity index (χ4n) is 4.25. The number of morpholine rings is 1. The van der Waals surface area contributed by atoms with Gasteiger partial charge in [0.25, 0.3) is 0 Å². The van der Waals surface area contributed by atoms with Crippen LogP contribution >= 0.6 is 11.3 Å². The van der Waals surface area contributed by atoms with Crippen LogP contribution in [0.4, 0.5) is 17.2 Å². The molecule has 2 aromatic heterocycles. The van der Waals surface area contributed by atoms with Crippen molar-refractivity contribution in [1.29, 1.82) is 0 Å². The molecule has 3 aromatic rings. The van der Waals surface area contributed by atoms with E-state index in [9.17, 15) is 4.79 Å². The molecule has 0 spiro atoms. The van der Waals surface area contributed by atoms with Crippen molar-refractivity contribution in [2.24, 2.45) is 0 Å². The maximum Gasteiger partial charge on any atom is 0.221 e. The van der Waals surface area contributed by atoms with Crippen LogP contribution in [0.3, 0.4) is 0 Å². The number of quaternary nitrogens is 1. The molecule has 1 fully saturated rings. The van der Waals surface area contributed by atoms with Gasteiger partial charge in [-0.3, -0.25) is 4.79 Å². The van der Waals surface area contributed by atoms with Gasteiger partial charge in [0.15, 0.2) is 5.82 Å². The predicted molar refractivity (Wildman–Crippen MR) is 119 cm³/mol. The van der Waals surface area contributed by atoms with Crippen molar-refractivity contribution >= 4 is 44.7 Å². The number of rotatable bonds is 5. The number of nitrogens with one attached hydrogen (secondary N) is 3. The van der Waals surface area contributed by atoms with Gasteiger partial charge in [-0.15, -0.1) is 11.3 Å². The van der Waals surface area contributed by atoms with Gasteiger partial charge in [0.1, 0.15) is 30.3 Å². The molecule has 30 heavy (non-hydrogen) atoms. The average molecular weight is 425 g/mol. The predicted octanol–water partition coefficient (Wildman–Crippen LogP) is 2.30. The summed E-state index contributed by atoms with van der Waals surface area (Å²) >= 11 is 1.82. The van der Waals surface area contributed by atoms with Gasteiger partial charge in [0, 0.05) is 23.2 Å². The number of anilines is 3. The van der Waals surface area contributed by atoms with Gasteiger partial charge < -0.3 is 20.3 Å². The highest BCUT2D eigenvalue weighted by atomic mass is 32.1. The Morgan fingerprint density at radius 3 is 2.67 bits per heavy atom. The molecule has 1 aliphatic heterocycles. The Kier molecular flexibility index (Phi) is 5.37. The van der Waals surface area contributed by atoms with Gasteiger partial charge in [0.2, 0.25) is 5.91 Å². The molecule has 0 radical (unpaired) electrons. The zero-order chi connectivity index (χ0) is 20.5. The lowest BCUT2D eigenvalue weighted by Gasteiger charge is -2.23. The molecular formula is C22H26N5O2S+. The molecule has 8 heteroatoms. The fraction of sp³-hybridized carbons (Fsp3) is 0.409. The van der Waals surface area contributed by atoms with Crippen LogP contribution in [0, 0.1) is 0 Å². The first-order valence-electron chi connectivity index (χ1n) is 10.5. The number of carbonyl (C=O) groups is 1. The molecule has 7 nitrogen and oxygen atoms in total. The van der Waals surface area contributed by atoms with Gasteiger partial charge in [0.05, 0.1) is 18.6 Å². The number of aryl methyl sites for hydroxylation is 2. The second kappa shape index (κ2) is 8.29. The van der Waals surface area contributed by atoms with Crippen LogP contribution < -0.4 is 15.5 Å². The number of hydrogen-bond acceptors (Lipinski definition) is 6. The Morgan fingerprint density at radius 2 is 1.90 bits per heavy atom. The van der Waals surface area contributed by atoms with Crippen LogP contribution in [0.2, 0.25) is 0 Å². The van der Waals surface area contributed by atoms with Gasteiger partial charge >= 0.3 is 0 Å². The maximum absolute atomic E-state index is 11.3. The first kappa shape index (κ1) is 19.4. The Morgan fingerprint density at radius 1 is 1.13 bits per heavy atom. The van der Waals surface area contributed by atoms with Crippen molar-refractivity contribution < 1.29 is 14.4 Å². The first-order valence-corrected chi connectivity index (χ1v) is 11.3. The summed E-state index contributed by atoms with van der Waals surface area (Å²) in [6.07, 6.45) is 3.45. The van der Waals surface area contributed by atoms with Crippen molar-refractivity contribution in [2.45, 2.75) is 32.7 Å². The third-order valence-corrected chi connectivity index (χ3v) is 6.87. The van der Waals surface area contributed by atoms with Gasteiger partial charge in [-0.05, 0) is 49.1 Å². The minimum absolute atomic E-state index is 0.0719. The van der Waals surface area contributed by atoms with Crippen molar-refractivity contribution in [3.05, 3.63) is 40.5 Å². The van der Waals surface area contributed by atoms with E-state index in [0.29, 0.717) is 0 Å². The molecule has 0 saturated carbocycles. The van der Waals surface area contributed by atoms with E-state index in [1.54, 1.807) is 0 Å². The number of aromatic nitrogens is 2. The zero-order valence-electron chi connectivity index (χ0n) is 17.1. The first-order chi connectivity index (χ1) is 14.7. The number of ether oxygens (including phenoxy) is 1. The highest BCUT2D eigenvalue weighted by molar-refractivity contribution is 7.19. The number of benzene rings is 1. The number of fused-ring (bicyclic) bond motifs is 3. The fourth-order valence-corrected chi connectivity index (χ4v) is 5.53. The molecule has 0 unspecified atom stereocenters. The van der Waals surface area contributed by atoms with E-state index in [1.807, 2.05) is 35.6 Å². The molecular weight excluding hydrogens is 398 g/mol. The molecule has 3 N–H and O–H groups in total. The summed E-state index contributed by atoms with van der Waals surface area (Å²) in [5, 5.41) is 7.52. The molecule has 2 aliphatic rings. The lowest BCUT2D eigenvalue weighted by atomic mass is 10.2. The zero-order valence-corrected chi connectivity index (χ0v) is 17.9. The van der Waals surface area contributed by atoms with E-state index in [-0.39, 0.29) is 5.91 Å². The maximum atomic E-state index is 11.3. The summed E-state index contributed by atoms with van der Waals surface area (Å²) in [7, 11) is 0. The van der Waals surface area contributed by atoms with Gasteiger partial charge in [-0.1, -0.05) is 0 Å². The third-order valence-electron chi connectivity index (χ3n) is 5.69. The van der Waals surface area contributed by atoms with Gasteiger partial charge in [-0.25, -0.2) is 9.97 Å². The van der Waals surface area contributed by atoms with E-state index in [4.69, 9.17) is 14.7 Å². The number of nitrogens with zero attached hydrogens (tertiary/aromatic N) is 2. The third kappa shape index (κ3) is 4.03. The second-order valence-electron chi connectivity index (χ2n) is 7.95. The summed E-state index contributed by atoms with van der Waals surface area (Å²) in [5.74, 6) is 1.71. The minimum Gasteiger partial charge on any atom is -0.370 e. The van der Waals surface area contributed by atoms with Crippen molar-refractivity contribution in [1.82, 2.24) is 9.97 Å². The van der Waals surface area contributed by atoms with Crippen LogP contribution in [0.25, 0.3) is 10.2 Å². The average Bonchev–Trinajstić information content (AvgIpc) is 3.31. The standard InChI is InChI=1S/C22H25N5O2S/c1-14(28)23-15-5-7-16(8-6-15)24-21-20-17-3-2-4-18(17)30-22(20)26-19(25-21)13-27-9-11-29-12-10-27/h5-8H,2-4,9-13H2,1H3,(H,23,28)(H,24,25,26)/p+1. The Balaban J connectivity index is 1.47. The summed E-state index contributed by atoms with van der Waals surface area (Å²) in [5.41, 5.74) is 3.15. The van der Waals surface area contributed by atoms with Crippen LogP contribution in [-0.2, 0) is 28.9 Å². The second-order valence-corrected chi connectivity index (χ2v) is 9.03. The smallest absolute Gasteiger partial charge is 0.221 e. The van der Waals surface area contributed by atoms with Crippen molar-refractivity contribution in [2.75, 3.05) is 36.9 Å². The highest BCUT2D eigenvalue weighted by Gasteiger charge is 2.24. The number of amides is 1. The number of thiophene rings is 1. The molecule has 1 aromatic carbocycles. The normalized spacial score (nSPS) is 16.6. The molecule has 3 heterocycles. The SMILES string of the molecule is CC(=O)Nc1ccc(Nc2nc(C[NH+]3CCOCC3)nc3sc4c(c23)CCC4)cc1. The summed E-state index contributed by atoms with van der Waals surface area (Å²) in [6, 6.07) is 7.75.